The molecule has 1 N–H and O–H groups in total. The van der Waals surface area contributed by atoms with Gasteiger partial charge in [0.2, 0.25) is 10.0 Å². The molecule has 2 aromatic carbocycles. The number of ether oxygens (including phenoxy) is 1. The third-order valence-electron chi connectivity index (χ3n) is 4.85. The van der Waals surface area contributed by atoms with E-state index < -0.39 is 33.4 Å². The fraction of sp³-hybridized carbons (Fsp3) is 0.350. The molecule has 1 aliphatic rings. The van der Waals surface area contributed by atoms with Crippen molar-refractivity contribution in [2.45, 2.75) is 30.3 Å². The van der Waals surface area contributed by atoms with Crippen molar-refractivity contribution in [2.24, 2.45) is 0 Å². The van der Waals surface area contributed by atoms with Crippen molar-refractivity contribution in [3.63, 3.8) is 0 Å². The Morgan fingerprint density at radius 1 is 1.07 bits per heavy atom. The van der Waals surface area contributed by atoms with Crippen LogP contribution in [0.1, 0.15) is 35.2 Å². The van der Waals surface area contributed by atoms with E-state index in [4.69, 9.17) is 4.74 Å². The summed E-state index contributed by atoms with van der Waals surface area (Å²) < 4.78 is 71.9. The highest BCUT2D eigenvalue weighted by atomic mass is 32.2. The van der Waals surface area contributed by atoms with Crippen LogP contribution in [-0.4, -0.2) is 38.8 Å². The molecule has 1 heterocycles. The van der Waals surface area contributed by atoms with Crippen molar-refractivity contribution >= 4 is 21.6 Å². The lowest BCUT2D eigenvalue weighted by Gasteiger charge is -2.26. The second kappa shape index (κ2) is 8.65. The number of anilines is 1. The van der Waals surface area contributed by atoms with Gasteiger partial charge in [-0.2, -0.15) is 17.5 Å². The number of alkyl halides is 3. The van der Waals surface area contributed by atoms with Gasteiger partial charge in [-0.15, -0.1) is 0 Å². The van der Waals surface area contributed by atoms with Crippen molar-refractivity contribution in [3.05, 3.63) is 53.6 Å². The van der Waals surface area contributed by atoms with E-state index >= 15 is 0 Å². The number of benzene rings is 2. The lowest BCUT2D eigenvalue weighted by Crippen LogP contribution is -2.35. The maximum Gasteiger partial charge on any atom is 0.418 e. The second-order valence-corrected chi connectivity index (χ2v) is 8.76. The first kappa shape index (κ1) is 22.1. The Morgan fingerprint density at radius 3 is 2.37 bits per heavy atom. The van der Waals surface area contributed by atoms with Crippen LogP contribution >= 0.6 is 0 Å². The van der Waals surface area contributed by atoms with E-state index in [1.54, 1.807) is 0 Å². The SMILES string of the molecule is COc1ccc(S(=O)(=O)N2CCCCC2)cc1C(=O)Nc1ccccc1C(F)(F)F. The van der Waals surface area contributed by atoms with Crippen LogP contribution in [0.25, 0.3) is 0 Å². The number of piperidine rings is 1. The summed E-state index contributed by atoms with van der Waals surface area (Å²) in [5.41, 5.74) is -1.61. The maximum absolute atomic E-state index is 13.2. The van der Waals surface area contributed by atoms with Gasteiger partial charge < -0.3 is 10.1 Å². The molecule has 0 aliphatic carbocycles. The summed E-state index contributed by atoms with van der Waals surface area (Å²) in [7, 11) is -2.54. The van der Waals surface area contributed by atoms with Crippen molar-refractivity contribution in [1.82, 2.24) is 4.31 Å². The summed E-state index contributed by atoms with van der Waals surface area (Å²) in [5.74, 6) is -0.853. The molecule has 0 radical (unpaired) electrons. The quantitative estimate of drug-likeness (QED) is 0.755. The zero-order valence-electron chi connectivity index (χ0n) is 16.2. The number of nitrogens with zero attached hydrogens (tertiary/aromatic N) is 1. The number of para-hydroxylation sites is 1. The molecule has 1 fully saturated rings. The topological polar surface area (TPSA) is 75.7 Å². The normalized spacial score (nSPS) is 15.6. The van der Waals surface area contributed by atoms with Gasteiger partial charge in [-0.3, -0.25) is 4.79 Å². The molecule has 2 aromatic rings. The van der Waals surface area contributed by atoms with Crippen LogP contribution in [0.15, 0.2) is 47.4 Å². The lowest BCUT2D eigenvalue weighted by molar-refractivity contribution is -0.136. The Balaban J connectivity index is 1.96. The van der Waals surface area contributed by atoms with Crippen LogP contribution in [0, 0.1) is 0 Å². The number of rotatable bonds is 5. The average Bonchev–Trinajstić information content (AvgIpc) is 2.73. The van der Waals surface area contributed by atoms with Crippen molar-refractivity contribution in [2.75, 3.05) is 25.5 Å². The standard InChI is InChI=1S/C20H21F3N2O4S/c1-29-18-10-9-14(30(27,28)25-11-5-2-6-12-25)13-15(18)19(26)24-17-8-4-3-7-16(17)20(21,22)23/h3-4,7-10,13H,2,5-6,11-12H2,1H3,(H,24,26). The molecule has 0 spiro atoms. The highest BCUT2D eigenvalue weighted by molar-refractivity contribution is 7.89. The Kier molecular flexibility index (Phi) is 6.37. The van der Waals surface area contributed by atoms with Crippen molar-refractivity contribution in [3.8, 4) is 5.75 Å². The third-order valence-corrected chi connectivity index (χ3v) is 6.74. The molecular formula is C20H21F3N2O4S. The zero-order chi connectivity index (χ0) is 21.9. The first-order valence-corrected chi connectivity index (χ1v) is 10.7. The maximum atomic E-state index is 13.2. The fourth-order valence-corrected chi connectivity index (χ4v) is 4.85. The molecular weight excluding hydrogens is 421 g/mol. The molecule has 10 heteroatoms. The van der Waals surface area contributed by atoms with Crippen LogP contribution < -0.4 is 10.1 Å². The van der Waals surface area contributed by atoms with Crippen LogP contribution in [0.2, 0.25) is 0 Å². The molecule has 0 unspecified atom stereocenters. The van der Waals surface area contributed by atoms with Crippen molar-refractivity contribution in [1.29, 1.82) is 0 Å². The first-order valence-electron chi connectivity index (χ1n) is 9.30. The predicted molar refractivity (Wildman–Crippen MR) is 105 cm³/mol. The minimum Gasteiger partial charge on any atom is -0.496 e. The van der Waals surface area contributed by atoms with Crippen LogP contribution in [0.5, 0.6) is 5.75 Å². The van der Waals surface area contributed by atoms with E-state index in [0.717, 1.165) is 37.5 Å². The van der Waals surface area contributed by atoms with Gasteiger partial charge in [0.05, 0.1) is 28.8 Å². The fourth-order valence-electron chi connectivity index (χ4n) is 3.31. The van der Waals surface area contributed by atoms with Gasteiger partial charge in [0.15, 0.2) is 0 Å². The van der Waals surface area contributed by atoms with E-state index in [-0.39, 0.29) is 16.2 Å². The number of amides is 1. The molecule has 1 amide bonds. The average molecular weight is 442 g/mol. The third kappa shape index (κ3) is 4.59. The van der Waals surface area contributed by atoms with E-state index in [0.29, 0.717) is 13.1 Å². The molecule has 3 rings (SSSR count). The Morgan fingerprint density at radius 2 is 1.73 bits per heavy atom. The molecule has 0 bridgehead atoms. The van der Waals surface area contributed by atoms with Gasteiger partial charge in [0, 0.05) is 13.1 Å². The number of carbonyl (C=O) groups excluding carboxylic acids is 1. The highest BCUT2D eigenvalue weighted by Gasteiger charge is 2.34. The zero-order valence-corrected chi connectivity index (χ0v) is 17.0. The van der Waals surface area contributed by atoms with E-state index in [1.807, 2.05) is 0 Å². The monoisotopic (exact) mass is 442 g/mol. The van der Waals surface area contributed by atoms with Gasteiger partial charge >= 0.3 is 6.18 Å². The Labute approximate surface area is 172 Å². The smallest absolute Gasteiger partial charge is 0.418 e. The predicted octanol–water partition coefficient (Wildman–Crippen LogP) is 4.14. The minimum absolute atomic E-state index is 0.0505. The molecule has 0 saturated carbocycles. The summed E-state index contributed by atoms with van der Waals surface area (Å²) >= 11 is 0. The number of sulfonamides is 1. The second-order valence-electron chi connectivity index (χ2n) is 6.82. The van der Waals surface area contributed by atoms with E-state index in [2.05, 4.69) is 5.32 Å². The van der Waals surface area contributed by atoms with Gasteiger partial charge in [0.25, 0.3) is 5.91 Å². The molecule has 1 saturated heterocycles. The first-order chi connectivity index (χ1) is 14.1. The summed E-state index contributed by atoms with van der Waals surface area (Å²) in [6.07, 6.45) is -2.22. The molecule has 1 aliphatic heterocycles. The molecule has 162 valence electrons. The number of methoxy groups -OCH3 is 1. The summed E-state index contributed by atoms with van der Waals surface area (Å²) in [6, 6.07) is 8.33. The molecule has 6 nitrogen and oxygen atoms in total. The van der Waals surface area contributed by atoms with Gasteiger partial charge in [-0.1, -0.05) is 18.6 Å². The largest absolute Gasteiger partial charge is 0.496 e. The van der Waals surface area contributed by atoms with Crippen molar-refractivity contribution < 1.29 is 31.1 Å². The number of hydrogen-bond acceptors (Lipinski definition) is 4. The summed E-state index contributed by atoms with van der Waals surface area (Å²) in [6.45, 7) is 0.768. The Bertz CT molecular complexity index is 1030. The number of hydrogen-bond donors (Lipinski definition) is 1. The van der Waals surface area contributed by atoms with E-state index in [1.165, 1.54) is 35.7 Å². The van der Waals surface area contributed by atoms with Gasteiger partial charge in [-0.05, 0) is 43.2 Å². The van der Waals surface area contributed by atoms with E-state index in [9.17, 15) is 26.4 Å². The Hall–Kier alpha value is -2.59. The number of halogens is 3. The van der Waals surface area contributed by atoms with Crippen LogP contribution in [0.4, 0.5) is 18.9 Å². The summed E-state index contributed by atoms with van der Waals surface area (Å²) in [5, 5.41) is 2.22. The lowest BCUT2D eigenvalue weighted by atomic mass is 10.1. The number of nitrogens with one attached hydrogen (secondary N) is 1. The number of carbonyl (C=O) groups is 1. The van der Waals surface area contributed by atoms with Crippen LogP contribution in [-0.2, 0) is 16.2 Å². The minimum atomic E-state index is -4.66. The summed E-state index contributed by atoms with van der Waals surface area (Å²) in [4.78, 5) is 12.6. The highest BCUT2D eigenvalue weighted by Crippen LogP contribution is 2.35. The van der Waals surface area contributed by atoms with Crippen LogP contribution in [0.3, 0.4) is 0 Å². The molecule has 30 heavy (non-hydrogen) atoms. The molecule has 0 aromatic heterocycles. The molecule has 0 atom stereocenters. The van der Waals surface area contributed by atoms with Gasteiger partial charge in [-0.25, -0.2) is 8.42 Å². The van der Waals surface area contributed by atoms with Gasteiger partial charge in [0.1, 0.15) is 5.75 Å².